The molecule has 1 heterocycles. The van der Waals surface area contributed by atoms with Gasteiger partial charge in [0, 0.05) is 6.04 Å². The first-order valence-electron chi connectivity index (χ1n) is 7.77. The van der Waals surface area contributed by atoms with E-state index in [9.17, 15) is 14.7 Å². The monoisotopic (exact) mass is 282 g/mol. The molecule has 0 aromatic rings. The van der Waals surface area contributed by atoms with Crippen molar-refractivity contribution in [3.05, 3.63) is 0 Å². The van der Waals surface area contributed by atoms with Gasteiger partial charge in [-0.05, 0) is 38.5 Å². The van der Waals surface area contributed by atoms with Crippen LogP contribution in [0.15, 0.2) is 0 Å². The molecule has 0 spiro atoms. The minimum atomic E-state index is -1.15. The van der Waals surface area contributed by atoms with Gasteiger partial charge in [-0.1, -0.05) is 26.2 Å². The molecule has 5 nitrogen and oxygen atoms in total. The molecule has 1 aliphatic carbocycles. The summed E-state index contributed by atoms with van der Waals surface area (Å²) in [6.07, 6.45) is 6.83. The summed E-state index contributed by atoms with van der Waals surface area (Å²) in [5.41, 5.74) is -1.15. The average molecular weight is 282 g/mol. The molecule has 4 unspecified atom stereocenters. The van der Waals surface area contributed by atoms with E-state index in [2.05, 4.69) is 10.6 Å². The van der Waals surface area contributed by atoms with Gasteiger partial charge in [0.05, 0.1) is 6.04 Å². The van der Waals surface area contributed by atoms with Gasteiger partial charge in [0.2, 0.25) is 5.91 Å². The van der Waals surface area contributed by atoms with Gasteiger partial charge < -0.3 is 15.7 Å². The number of nitrogens with one attached hydrogen (secondary N) is 2. The van der Waals surface area contributed by atoms with Crippen LogP contribution >= 0.6 is 0 Å². The minimum Gasteiger partial charge on any atom is -0.480 e. The Hall–Kier alpha value is -1.10. The van der Waals surface area contributed by atoms with Gasteiger partial charge in [-0.25, -0.2) is 4.79 Å². The zero-order valence-corrected chi connectivity index (χ0v) is 12.4. The van der Waals surface area contributed by atoms with E-state index in [0.29, 0.717) is 18.4 Å². The first kappa shape index (κ1) is 15.3. The van der Waals surface area contributed by atoms with E-state index >= 15 is 0 Å². The molecule has 20 heavy (non-hydrogen) atoms. The third kappa shape index (κ3) is 3.14. The largest absolute Gasteiger partial charge is 0.480 e. The van der Waals surface area contributed by atoms with Crippen LogP contribution in [0.3, 0.4) is 0 Å². The van der Waals surface area contributed by atoms with Crippen LogP contribution in [-0.4, -0.2) is 34.6 Å². The number of carboxylic acid groups (broad SMARTS) is 1. The van der Waals surface area contributed by atoms with Crippen molar-refractivity contribution in [2.24, 2.45) is 5.92 Å². The van der Waals surface area contributed by atoms with Gasteiger partial charge >= 0.3 is 5.97 Å². The molecular formula is C15H26N2O3. The van der Waals surface area contributed by atoms with E-state index in [0.717, 1.165) is 19.3 Å². The Morgan fingerprint density at radius 2 is 2.05 bits per heavy atom. The summed E-state index contributed by atoms with van der Waals surface area (Å²) in [6.45, 7) is 3.52. The summed E-state index contributed by atoms with van der Waals surface area (Å²) in [5, 5.41) is 15.5. The van der Waals surface area contributed by atoms with Crippen LogP contribution in [0, 0.1) is 5.92 Å². The lowest BCUT2D eigenvalue weighted by Crippen LogP contribution is -2.56. The maximum absolute atomic E-state index is 12.3. The van der Waals surface area contributed by atoms with Crippen LogP contribution < -0.4 is 10.6 Å². The molecular weight excluding hydrogens is 256 g/mol. The predicted octanol–water partition coefficient (Wildman–Crippen LogP) is 1.67. The van der Waals surface area contributed by atoms with Crippen molar-refractivity contribution >= 4 is 11.9 Å². The van der Waals surface area contributed by atoms with E-state index in [4.69, 9.17) is 0 Å². The molecule has 0 aromatic heterocycles. The van der Waals surface area contributed by atoms with Gasteiger partial charge in [-0.15, -0.1) is 0 Å². The molecule has 1 amide bonds. The molecule has 0 bridgehead atoms. The van der Waals surface area contributed by atoms with E-state index in [1.807, 2.05) is 6.92 Å². The van der Waals surface area contributed by atoms with Gasteiger partial charge in [0.1, 0.15) is 5.54 Å². The lowest BCUT2D eigenvalue weighted by Gasteiger charge is -2.27. The summed E-state index contributed by atoms with van der Waals surface area (Å²) >= 11 is 0. The molecule has 2 fully saturated rings. The number of hydrogen-bond donors (Lipinski definition) is 3. The van der Waals surface area contributed by atoms with Crippen molar-refractivity contribution in [2.75, 3.05) is 0 Å². The van der Waals surface area contributed by atoms with Crippen molar-refractivity contribution in [3.8, 4) is 0 Å². The highest BCUT2D eigenvalue weighted by Gasteiger charge is 2.41. The third-order valence-electron chi connectivity index (χ3n) is 4.80. The molecule has 4 atom stereocenters. The first-order chi connectivity index (χ1) is 9.46. The summed E-state index contributed by atoms with van der Waals surface area (Å²) in [4.78, 5) is 23.7. The van der Waals surface area contributed by atoms with Crippen molar-refractivity contribution < 1.29 is 14.7 Å². The van der Waals surface area contributed by atoms with Gasteiger partial charge in [-0.3, -0.25) is 4.79 Å². The zero-order chi connectivity index (χ0) is 14.8. The van der Waals surface area contributed by atoms with E-state index in [-0.39, 0.29) is 11.9 Å². The first-order valence-corrected chi connectivity index (χ1v) is 7.77. The number of carbonyl (C=O) groups is 2. The lowest BCUT2D eigenvalue weighted by atomic mass is 9.85. The lowest BCUT2D eigenvalue weighted by molar-refractivity contribution is -0.147. The average Bonchev–Trinajstić information content (AvgIpc) is 2.82. The zero-order valence-electron chi connectivity index (χ0n) is 12.4. The molecule has 0 aromatic carbocycles. The molecule has 2 aliphatic rings. The number of aliphatic carboxylic acids is 1. The van der Waals surface area contributed by atoms with Crippen molar-refractivity contribution in [1.82, 2.24) is 10.6 Å². The second-order valence-corrected chi connectivity index (χ2v) is 6.48. The molecule has 2 rings (SSSR count). The molecule has 3 N–H and O–H groups in total. The maximum Gasteiger partial charge on any atom is 0.329 e. The quantitative estimate of drug-likeness (QED) is 0.716. The normalized spacial score (nSPS) is 32.2. The highest BCUT2D eigenvalue weighted by molar-refractivity contribution is 5.89. The Morgan fingerprint density at radius 1 is 1.35 bits per heavy atom. The standard InChI is InChI=1S/C15H26N2O3/c1-3-8-15(2,14(19)20)17-13(18)12-9-10-6-4-5-7-11(10)16-12/h10-12,16H,3-9H2,1-2H3,(H,17,18)(H,19,20). The van der Waals surface area contributed by atoms with Crippen LogP contribution in [0.2, 0.25) is 0 Å². The molecule has 5 heteroatoms. The smallest absolute Gasteiger partial charge is 0.329 e. The fourth-order valence-electron chi connectivity index (χ4n) is 3.60. The number of rotatable bonds is 5. The summed E-state index contributed by atoms with van der Waals surface area (Å²) < 4.78 is 0. The second-order valence-electron chi connectivity index (χ2n) is 6.48. The summed E-state index contributed by atoms with van der Waals surface area (Å²) in [6, 6.07) is 0.223. The maximum atomic E-state index is 12.3. The van der Waals surface area contributed by atoms with E-state index < -0.39 is 11.5 Å². The number of fused-ring (bicyclic) bond motifs is 1. The molecule has 0 radical (unpaired) electrons. The van der Waals surface area contributed by atoms with E-state index in [1.165, 1.54) is 19.3 Å². The van der Waals surface area contributed by atoms with Crippen LogP contribution in [0.5, 0.6) is 0 Å². The van der Waals surface area contributed by atoms with Crippen molar-refractivity contribution in [1.29, 1.82) is 0 Å². The highest BCUT2D eigenvalue weighted by atomic mass is 16.4. The van der Waals surface area contributed by atoms with Crippen molar-refractivity contribution in [3.63, 3.8) is 0 Å². The Balaban J connectivity index is 1.96. The van der Waals surface area contributed by atoms with Gasteiger partial charge in [0.25, 0.3) is 0 Å². The molecule has 1 aliphatic heterocycles. The number of carbonyl (C=O) groups excluding carboxylic acids is 1. The Morgan fingerprint density at radius 3 is 2.65 bits per heavy atom. The fourth-order valence-corrected chi connectivity index (χ4v) is 3.60. The van der Waals surface area contributed by atoms with Crippen LogP contribution in [0.25, 0.3) is 0 Å². The third-order valence-corrected chi connectivity index (χ3v) is 4.80. The Bertz CT molecular complexity index is 371. The van der Waals surface area contributed by atoms with Gasteiger partial charge in [0.15, 0.2) is 0 Å². The summed E-state index contributed by atoms with van der Waals surface area (Å²) in [7, 11) is 0. The molecule has 114 valence electrons. The second kappa shape index (κ2) is 6.12. The van der Waals surface area contributed by atoms with Gasteiger partial charge in [-0.2, -0.15) is 0 Å². The Kier molecular flexibility index (Phi) is 4.68. The number of amides is 1. The fraction of sp³-hybridized carbons (Fsp3) is 0.867. The highest BCUT2D eigenvalue weighted by Crippen LogP contribution is 2.33. The van der Waals surface area contributed by atoms with E-state index in [1.54, 1.807) is 6.92 Å². The van der Waals surface area contributed by atoms with Crippen LogP contribution in [0.4, 0.5) is 0 Å². The number of carboxylic acids is 1. The van der Waals surface area contributed by atoms with Crippen molar-refractivity contribution in [2.45, 2.75) is 76.4 Å². The Labute approximate surface area is 120 Å². The number of hydrogen-bond acceptors (Lipinski definition) is 3. The molecule has 1 saturated heterocycles. The predicted molar refractivity (Wildman–Crippen MR) is 76.4 cm³/mol. The topological polar surface area (TPSA) is 78.4 Å². The van der Waals surface area contributed by atoms with Crippen LogP contribution in [-0.2, 0) is 9.59 Å². The molecule has 1 saturated carbocycles. The van der Waals surface area contributed by atoms with Crippen LogP contribution in [0.1, 0.15) is 58.8 Å². The summed E-state index contributed by atoms with van der Waals surface area (Å²) in [5.74, 6) is -0.525. The SMILES string of the molecule is CCCC(C)(NC(=O)C1CC2CCCCC2N1)C(=O)O. The minimum absolute atomic E-state index is 0.155.